The molecule has 0 aliphatic heterocycles. The molecule has 0 saturated heterocycles. The third-order valence-corrected chi connectivity index (χ3v) is 3.05. The number of rotatable bonds is 4. The smallest absolute Gasteiger partial charge is 0.251 e. The maximum Gasteiger partial charge on any atom is 0.251 e. The van der Waals surface area contributed by atoms with Crippen molar-refractivity contribution in [2.24, 2.45) is 0 Å². The number of aromatic nitrogens is 4. The van der Waals surface area contributed by atoms with Crippen LogP contribution in [0.3, 0.4) is 0 Å². The van der Waals surface area contributed by atoms with Gasteiger partial charge in [0.15, 0.2) is 5.82 Å². The van der Waals surface area contributed by atoms with Crippen molar-refractivity contribution in [3.63, 3.8) is 0 Å². The van der Waals surface area contributed by atoms with Crippen LogP contribution in [-0.2, 0) is 6.54 Å². The van der Waals surface area contributed by atoms with E-state index in [1.807, 2.05) is 42.5 Å². The molecule has 1 amide bonds. The molecular weight excluding hydrogens is 266 g/mol. The van der Waals surface area contributed by atoms with E-state index >= 15 is 0 Å². The van der Waals surface area contributed by atoms with Gasteiger partial charge in [0.25, 0.3) is 5.91 Å². The summed E-state index contributed by atoms with van der Waals surface area (Å²) in [4.78, 5) is 12.0. The highest BCUT2D eigenvalue weighted by Gasteiger charge is 2.07. The van der Waals surface area contributed by atoms with Gasteiger partial charge in [-0.25, -0.2) is 0 Å². The fourth-order valence-corrected chi connectivity index (χ4v) is 1.96. The van der Waals surface area contributed by atoms with Gasteiger partial charge in [0.1, 0.15) is 0 Å². The van der Waals surface area contributed by atoms with Crippen LogP contribution in [0.1, 0.15) is 16.2 Å². The van der Waals surface area contributed by atoms with Crippen molar-refractivity contribution in [1.29, 1.82) is 0 Å². The summed E-state index contributed by atoms with van der Waals surface area (Å²) in [6.45, 7) is 0.246. The van der Waals surface area contributed by atoms with Gasteiger partial charge in [-0.1, -0.05) is 47.7 Å². The van der Waals surface area contributed by atoms with E-state index in [0.717, 1.165) is 11.1 Å². The first-order valence-corrected chi connectivity index (χ1v) is 6.49. The Morgan fingerprint density at radius 1 is 1.00 bits per heavy atom. The van der Waals surface area contributed by atoms with Crippen LogP contribution in [0.15, 0.2) is 54.6 Å². The number of aromatic amines is 1. The lowest BCUT2D eigenvalue weighted by molar-refractivity contribution is 0.0950. The van der Waals surface area contributed by atoms with Gasteiger partial charge in [-0.15, -0.1) is 10.2 Å². The monoisotopic (exact) mass is 279 g/mol. The van der Waals surface area contributed by atoms with Crippen LogP contribution < -0.4 is 5.32 Å². The number of nitrogens with zero attached hydrogens (tertiary/aromatic N) is 3. The summed E-state index contributed by atoms with van der Waals surface area (Å²) in [5, 5.41) is 16.1. The van der Waals surface area contributed by atoms with E-state index in [9.17, 15) is 4.79 Å². The first-order chi connectivity index (χ1) is 10.3. The van der Waals surface area contributed by atoms with Crippen molar-refractivity contribution in [3.05, 3.63) is 66.0 Å². The molecule has 2 aromatic carbocycles. The highest BCUT2D eigenvalue weighted by Crippen LogP contribution is 2.19. The van der Waals surface area contributed by atoms with Crippen molar-refractivity contribution >= 4 is 5.91 Å². The number of nitrogens with one attached hydrogen (secondary N) is 2. The molecule has 1 heterocycles. The van der Waals surface area contributed by atoms with Gasteiger partial charge in [-0.2, -0.15) is 5.21 Å². The van der Waals surface area contributed by atoms with Crippen molar-refractivity contribution in [3.8, 4) is 11.1 Å². The standard InChI is InChI=1S/C15H13N5O/c21-15(16-10-14-17-19-20-18-14)13-8-6-12(7-9-13)11-4-2-1-3-5-11/h1-9H,10H2,(H,16,21)(H,17,18,19,20). The van der Waals surface area contributed by atoms with Gasteiger partial charge in [-0.05, 0) is 23.3 Å². The molecule has 0 saturated carbocycles. The average Bonchev–Trinajstić information content (AvgIpc) is 3.07. The summed E-state index contributed by atoms with van der Waals surface area (Å²) < 4.78 is 0. The molecule has 0 aliphatic carbocycles. The number of carbonyl (C=O) groups excluding carboxylic acids is 1. The van der Waals surface area contributed by atoms with Crippen LogP contribution in [0.2, 0.25) is 0 Å². The molecule has 0 aliphatic rings. The molecule has 0 radical (unpaired) electrons. The number of H-pyrrole nitrogens is 1. The molecular formula is C15H13N5O. The average molecular weight is 279 g/mol. The first kappa shape index (κ1) is 13.0. The molecule has 0 fully saturated rings. The Balaban J connectivity index is 1.67. The van der Waals surface area contributed by atoms with Crippen LogP contribution in [0.4, 0.5) is 0 Å². The van der Waals surface area contributed by atoms with Gasteiger partial charge < -0.3 is 5.32 Å². The van der Waals surface area contributed by atoms with E-state index in [0.29, 0.717) is 11.4 Å². The zero-order chi connectivity index (χ0) is 14.5. The summed E-state index contributed by atoms with van der Waals surface area (Å²) >= 11 is 0. The van der Waals surface area contributed by atoms with Crippen molar-refractivity contribution in [1.82, 2.24) is 25.9 Å². The Kier molecular flexibility index (Phi) is 3.68. The Labute approximate surface area is 121 Å². The zero-order valence-electron chi connectivity index (χ0n) is 11.2. The minimum absolute atomic E-state index is 0.167. The number of hydrogen-bond donors (Lipinski definition) is 2. The minimum atomic E-state index is -0.167. The van der Waals surface area contributed by atoms with E-state index in [1.54, 1.807) is 12.1 Å². The maximum atomic E-state index is 12.0. The van der Waals surface area contributed by atoms with E-state index in [-0.39, 0.29) is 12.5 Å². The molecule has 0 unspecified atom stereocenters. The second-order valence-electron chi connectivity index (χ2n) is 4.45. The SMILES string of the molecule is O=C(NCc1nn[nH]n1)c1ccc(-c2ccccc2)cc1. The van der Waals surface area contributed by atoms with Gasteiger partial charge in [0, 0.05) is 5.56 Å². The predicted octanol–water partition coefficient (Wildman–Crippen LogP) is 1.80. The van der Waals surface area contributed by atoms with Gasteiger partial charge in [0.05, 0.1) is 6.54 Å². The molecule has 104 valence electrons. The van der Waals surface area contributed by atoms with E-state index < -0.39 is 0 Å². The van der Waals surface area contributed by atoms with Crippen LogP contribution >= 0.6 is 0 Å². The molecule has 3 aromatic rings. The molecule has 2 N–H and O–H groups in total. The maximum absolute atomic E-state index is 12.0. The lowest BCUT2D eigenvalue weighted by Gasteiger charge is -2.05. The lowest BCUT2D eigenvalue weighted by Crippen LogP contribution is -2.23. The first-order valence-electron chi connectivity index (χ1n) is 6.49. The van der Waals surface area contributed by atoms with Crippen molar-refractivity contribution in [2.45, 2.75) is 6.54 Å². The highest BCUT2D eigenvalue weighted by atomic mass is 16.1. The molecule has 0 spiro atoms. The fraction of sp³-hybridized carbons (Fsp3) is 0.0667. The second kappa shape index (κ2) is 5.96. The Morgan fingerprint density at radius 3 is 2.38 bits per heavy atom. The van der Waals surface area contributed by atoms with Crippen molar-refractivity contribution in [2.75, 3.05) is 0 Å². The van der Waals surface area contributed by atoms with Gasteiger partial charge in [-0.3, -0.25) is 4.79 Å². The molecule has 0 atom stereocenters. The Hall–Kier alpha value is -3.02. The second-order valence-corrected chi connectivity index (χ2v) is 4.45. The molecule has 6 nitrogen and oxygen atoms in total. The minimum Gasteiger partial charge on any atom is -0.345 e. The molecule has 21 heavy (non-hydrogen) atoms. The fourth-order valence-electron chi connectivity index (χ4n) is 1.96. The quantitative estimate of drug-likeness (QED) is 0.762. The summed E-state index contributed by atoms with van der Waals surface area (Å²) in [6.07, 6.45) is 0. The number of benzene rings is 2. The normalized spacial score (nSPS) is 10.3. The van der Waals surface area contributed by atoms with E-state index in [4.69, 9.17) is 0 Å². The van der Waals surface area contributed by atoms with Crippen LogP contribution in [-0.4, -0.2) is 26.5 Å². The molecule has 0 bridgehead atoms. The Bertz CT molecular complexity index is 708. The van der Waals surface area contributed by atoms with E-state index in [2.05, 4.69) is 25.9 Å². The topological polar surface area (TPSA) is 83.6 Å². The van der Waals surface area contributed by atoms with Gasteiger partial charge >= 0.3 is 0 Å². The van der Waals surface area contributed by atoms with Gasteiger partial charge in [0.2, 0.25) is 0 Å². The Morgan fingerprint density at radius 2 is 1.71 bits per heavy atom. The van der Waals surface area contributed by atoms with Crippen molar-refractivity contribution < 1.29 is 4.79 Å². The van der Waals surface area contributed by atoms with Crippen LogP contribution in [0.5, 0.6) is 0 Å². The largest absolute Gasteiger partial charge is 0.345 e. The summed E-state index contributed by atoms with van der Waals surface area (Å²) in [5.74, 6) is 0.281. The third-order valence-electron chi connectivity index (χ3n) is 3.05. The summed E-state index contributed by atoms with van der Waals surface area (Å²) in [5.41, 5.74) is 2.79. The molecule has 3 rings (SSSR count). The van der Waals surface area contributed by atoms with Crippen LogP contribution in [0.25, 0.3) is 11.1 Å². The number of amides is 1. The lowest BCUT2D eigenvalue weighted by atomic mass is 10.0. The summed E-state index contributed by atoms with van der Waals surface area (Å²) in [7, 11) is 0. The zero-order valence-corrected chi connectivity index (χ0v) is 11.2. The molecule has 6 heteroatoms. The number of hydrogen-bond acceptors (Lipinski definition) is 4. The number of tetrazole rings is 1. The third kappa shape index (κ3) is 3.11. The predicted molar refractivity (Wildman–Crippen MR) is 77.2 cm³/mol. The molecule has 1 aromatic heterocycles. The summed E-state index contributed by atoms with van der Waals surface area (Å²) in [6, 6.07) is 17.5. The van der Waals surface area contributed by atoms with Crippen LogP contribution in [0, 0.1) is 0 Å². The number of carbonyl (C=O) groups is 1. The highest BCUT2D eigenvalue weighted by molar-refractivity contribution is 5.94. The van der Waals surface area contributed by atoms with E-state index in [1.165, 1.54) is 0 Å².